The Balaban J connectivity index is 2.48. The van der Waals surface area contributed by atoms with Crippen LogP contribution in [0.15, 0.2) is 0 Å². The molecule has 19 heavy (non-hydrogen) atoms. The minimum absolute atomic E-state index is 0.193. The summed E-state index contributed by atoms with van der Waals surface area (Å²) in [7, 11) is 0. The standard InChI is InChI=1S/C16H30O3/c1-5-7-8-9-10-13-11-15(14(17)6-2)19-16(18-13)12(3)4/h12-13,15-16H,5-11H2,1-4H3/t13-,15-,16-/m0/s1. The zero-order valence-corrected chi connectivity index (χ0v) is 13.0. The van der Waals surface area contributed by atoms with Crippen LogP contribution in [0.4, 0.5) is 0 Å². The highest BCUT2D eigenvalue weighted by atomic mass is 16.7. The molecule has 0 saturated carbocycles. The molecule has 0 aromatic heterocycles. The van der Waals surface area contributed by atoms with Crippen LogP contribution in [0.3, 0.4) is 0 Å². The molecule has 0 bridgehead atoms. The summed E-state index contributed by atoms with van der Waals surface area (Å²) in [4.78, 5) is 11.9. The molecule has 1 fully saturated rings. The fourth-order valence-corrected chi connectivity index (χ4v) is 2.47. The molecule has 112 valence electrons. The molecule has 0 aliphatic carbocycles. The summed E-state index contributed by atoms with van der Waals surface area (Å²) in [6.07, 6.45) is 7.06. The van der Waals surface area contributed by atoms with Gasteiger partial charge in [0.25, 0.3) is 0 Å². The summed E-state index contributed by atoms with van der Waals surface area (Å²) in [6.45, 7) is 8.28. The van der Waals surface area contributed by atoms with Crippen molar-refractivity contribution in [2.45, 2.75) is 91.1 Å². The van der Waals surface area contributed by atoms with E-state index in [0.29, 0.717) is 12.3 Å². The first-order valence-electron chi connectivity index (χ1n) is 7.92. The molecule has 0 aromatic carbocycles. The van der Waals surface area contributed by atoms with Gasteiger partial charge in [-0.3, -0.25) is 4.79 Å². The summed E-state index contributed by atoms with van der Waals surface area (Å²) in [5.74, 6) is 0.512. The van der Waals surface area contributed by atoms with E-state index in [1.165, 1.54) is 25.7 Å². The van der Waals surface area contributed by atoms with Gasteiger partial charge in [-0.25, -0.2) is 0 Å². The smallest absolute Gasteiger partial charge is 0.161 e. The Hall–Kier alpha value is -0.410. The van der Waals surface area contributed by atoms with Crippen LogP contribution < -0.4 is 0 Å². The van der Waals surface area contributed by atoms with Gasteiger partial charge in [-0.05, 0) is 6.42 Å². The van der Waals surface area contributed by atoms with Crippen LogP contribution in [0.2, 0.25) is 0 Å². The Bertz CT molecular complexity index is 263. The van der Waals surface area contributed by atoms with Crippen molar-refractivity contribution in [3.05, 3.63) is 0 Å². The van der Waals surface area contributed by atoms with Crippen molar-refractivity contribution >= 4 is 5.78 Å². The predicted octanol–water partition coefficient (Wildman–Crippen LogP) is 4.09. The largest absolute Gasteiger partial charge is 0.349 e. The van der Waals surface area contributed by atoms with Gasteiger partial charge in [-0.1, -0.05) is 53.4 Å². The van der Waals surface area contributed by atoms with E-state index in [2.05, 4.69) is 20.8 Å². The number of unbranched alkanes of at least 4 members (excludes halogenated alkanes) is 3. The number of carbonyl (C=O) groups is 1. The van der Waals surface area contributed by atoms with Crippen molar-refractivity contribution < 1.29 is 14.3 Å². The summed E-state index contributed by atoms with van der Waals surface area (Å²) in [5, 5.41) is 0. The topological polar surface area (TPSA) is 35.5 Å². The maximum atomic E-state index is 11.9. The number of ether oxygens (including phenoxy) is 2. The van der Waals surface area contributed by atoms with Gasteiger partial charge >= 0.3 is 0 Å². The molecule has 3 atom stereocenters. The van der Waals surface area contributed by atoms with Gasteiger partial charge < -0.3 is 9.47 Å². The SMILES string of the molecule is CCCCCC[C@H]1C[C@@H](C(=O)CC)O[C@@H](C(C)C)O1. The molecule has 1 rings (SSSR count). The fourth-order valence-electron chi connectivity index (χ4n) is 2.47. The average molecular weight is 270 g/mol. The minimum atomic E-state index is -0.248. The van der Waals surface area contributed by atoms with Crippen molar-refractivity contribution in [3.8, 4) is 0 Å². The highest BCUT2D eigenvalue weighted by Crippen LogP contribution is 2.27. The molecule has 0 unspecified atom stereocenters. The quantitative estimate of drug-likeness (QED) is 0.623. The summed E-state index contributed by atoms with van der Waals surface area (Å²) in [5.41, 5.74) is 0. The lowest BCUT2D eigenvalue weighted by atomic mass is 9.99. The van der Waals surface area contributed by atoms with Gasteiger partial charge in [0.05, 0.1) is 6.10 Å². The third-order valence-corrected chi connectivity index (χ3v) is 3.73. The van der Waals surface area contributed by atoms with Crippen LogP contribution in [-0.2, 0) is 14.3 Å². The summed E-state index contributed by atoms with van der Waals surface area (Å²) in [6, 6.07) is 0. The Labute approximate surface area is 118 Å². The first-order valence-corrected chi connectivity index (χ1v) is 7.92. The molecule has 0 aromatic rings. The van der Waals surface area contributed by atoms with Gasteiger partial charge in [-0.2, -0.15) is 0 Å². The molecule has 0 N–H and O–H groups in total. The normalized spacial score (nSPS) is 27.7. The van der Waals surface area contributed by atoms with Gasteiger partial charge in [0.1, 0.15) is 6.10 Å². The molecule has 3 heteroatoms. The minimum Gasteiger partial charge on any atom is -0.349 e. The molecular weight excluding hydrogens is 240 g/mol. The highest BCUT2D eigenvalue weighted by molar-refractivity contribution is 5.82. The fraction of sp³-hybridized carbons (Fsp3) is 0.938. The first-order chi connectivity index (χ1) is 9.08. The Morgan fingerprint density at radius 2 is 1.89 bits per heavy atom. The van der Waals surface area contributed by atoms with E-state index < -0.39 is 0 Å². The van der Waals surface area contributed by atoms with Crippen LogP contribution in [0.1, 0.15) is 72.6 Å². The maximum absolute atomic E-state index is 11.9. The molecular formula is C16H30O3. The molecule has 0 radical (unpaired) electrons. The van der Waals surface area contributed by atoms with Crippen molar-refractivity contribution in [2.24, 2.45) is 5.92 Å². The van der Waals surface area contributed by atoms with Gasteiger partial charge in [0.2, 0.25) is 0 Å². The van der Waals surface area contributed by atoms with Crippen LogP contribution in [0.5, 0.6) is 0 Å². The number of hydrogen-bond donors (Lipinski definition) is 0. The second kappa shape index (κ2) is 8.70. The lowest BCUT2D eigenvalue weighted by Crippen LogP contribution is -2.44. The number of rotatable bonds is 8. The maximum Gasteiger partial charge on any atom is 0.161 e. The van der Waals surface area contributed by atoms with Gasteiger partial charge in [-0.15, -0.1) is 0 Å². The molecule has 1 aliphatic heterocycles. The molecule has 0 spiro atoms. The van der Waals surface area contributed by atoms with Crippen LogP contribution >= 0.6 is 0 Å². The van der Waals surface area contributed by atoms with E-state index in [9.17, 15) is 4.79 Å². The van der Waals surface area contributed by atoms with Crippen LogP contribution in [0.25, 0.3) is 0 Å². The molecule has 1 aliphatic rings. The Morgan fingerprint density at radius 3 is 2.47 bits per heavy atom. The molecule has 1 heterocycles. The van der Waals surface area contributed by atoms with E-state index in [1.807, 2.05) is 6.92 Å². The lowest BCUT2D eigenvalue weighted by molar-refractivity contribution is -0.255. The van der Waals surface area contributed by atoms with Gasteiger partial charge in [0.15, 0.2) is 12.1 Å². The van der Waals surface area contributed by atoms with E-state index in [0.717, 1.165) is 12.8 Å². The number of ketones is 1. The third-order valence-electron chi connectivity index (χ3n) is 3.73. The average Bonchev–Trinajstić information content (AvgIpc) is 2.42. The predicted molar refractivity (Wildman–Crippen MR) is 77.0 cm³/mol. The first kappa shape index (κ1) is 16.6. The number of carbonyl (C=O) groups excluding carboxylic acids is 1. The molecule has 0 amide bonds. The zero-order chi connectivity index (χ0) is 14.3. The number of Topliss-reactive ketones (excluding diaryl/α,β-unsaturated/α-hetero) is 1. The lowest BCUT2D eigenvalue weighted by Gasteiger charge is -2.37. The highest BCUT2D eigenvalue weighted by Gasteiger charge is 2.34. The second-order valence-electron chi connectivity index (χ2n) is 5.90. The summed E-state index contributed by atoms with van der Waals surface area (Å²) >= 11 is 0. The van der Waals surface area contributed by atoms with Crippen LogP contribution in [-0.4, -0.2) is 24.3 Å². The van der Waals surface area contributed by atoms with Crippen molar-refractivity contribution in [1.29, 1.82) is 0 Å². The zero-order valence-electron chi connectivity index (χ0n) is 13.0. The van der Waals surface area contributed by atoms with Crippen molar-refractivity contribution in [3.63, 3.8) is 0 Å². The van der Waals surface area contributed by atoms with E-state index in [4.69, 9.17) is 9.47 Å². The Morgan fingerprint density at radius 1 is 1.16 bits per heavy atom. The van der Waals surface area contributed by atoms with Crippen molar-refractivity contribution in [1.82, 2.24) is 0 Å². The van der Waals surface area contributed by atoms with Crippen LogP contribution in [0, 0.1) is 5.92 Å². The van der Waals surface area contributed by atoms with E-state index in [-0.39, 0.29) is 24.3 Å². The van der Waals surface area contributed by atoms with Crippen molar-refractivity contribution in [2.75, 3.05) is 0 Å². The number of hydrogen-bond acceptors (Lipinski definition) is 3. The Kier molecular flexibility index (Phi) is 7.62. The molecule has 1 saturated heterocycles. The molecule has 3 nitrogen and oxygen atoms in total. The third kappa shape index (κ3) is 5.62. The van der Waals surface area contributed by atoms with E-state index in [1.54, 1.807) is 0 Å². The second-order valence-corrected chi connectivity index (χ2v) is 5.90. The monoisotopic (exact) mass is 270 g/mol. The van der Waals surface area contributed by atoms with Gasteiger partial charge in [0, 0.05) is 18.8 Å². The summed E-state index contributed by atoms with van der Waals surface area (Å²) < 4.78 is 11.8. The van der Waals surface area contributed by atoms with E-state index >= 15 is 0 Å².